The first kappa shape index (κ1) is 21.7. The van der Waals surface area contributed by atoms with Crippen molar-refractivity contribution >= 4 is 27.5 Å². The number of nitrogens with one attached hydrogen (secondary N) is 1. The van der Waals surface area contributed by atoms with Crippen LogP contribution in [0.4, 0.5) is 0 Å². The minimum atomic E-state index is -3.58. The molecule has 0 saturated carbocycles. The van der Waals surface area contributed by atoms with E-state index in [-0.39, 0.29) is 34.2 Å². The van der Waals surface area contributed by atoms with Crippen molar-refractivity contribution in [1.29, 1.82) is 0 Å². The van der Waals surface area contributed by atoms with Crippen LogP contribution in [0.3, 0.4) is 0 Å². The third-order valence-corrected chi connectivity index (χ3v) is 6.08. The molecule has 1 aromatic carbocycles. The summed E-state index contributed by atoms with van der Waals surface area (Å²) < 4.78 is 31.7. The van der Waals surface area contributed by atoms with Gasteiger partial charge in [-0.3, -0.25) is 4.79 Å². The lowest BCUT2D eigenvalue weighted by Gasteiger charge is -2.19. The lowest BCUT2D eigenvalue weighted by molar-refractivity contribution is -0.123. The Hall–Kier alpha value is -1.31. The number of hydrogen-bond acceptors (Lipinski definition) is 4. The summed E-state index contributed by atoms with van der Waals surface area (Å²) >= 11 is 6.13. The number of nitrogens with zero attached hydrogens (tertiary/aromatic N) is 1. The molecule has 0 aliphatic rings. The maximum absolute atomic E-state index is 12.5. The number of benzene rings is 1. The van der Waals surface area contributed by atoms with Gasteiger partial charge in [-0.1, -0.05) is 38.8 Å². The van der Waals surface area contributed by atoms with Crippen molar-refractivity contribution in [1.82, 2.24) is 9.62 Å². The Morgan fingerprint density at radius 2 is 1.92 bits per heavy atom. The van der Waals surface area contributed by atoms with Gasteiger partial charge < -0.3 is 10.1 Å². The van der Waals surface area contributed by atoms with E-state index in [0.717, 1.165) is 12.8 Å². The van der Waals surface area contributed by atoms with Crippen LogP contribution < -0.4 is 10.1 Å². The Kier molecular flexibility index (Phi) is 8.68. The smallest absolute Gasteiger partial charge is 0.258 e. The van der Waals surface area contributed by atoms with Gasteiger partial charge in [-0.15, -0.1) is 0 Å². The molecule has 0 radical (unpaired) electrons. The maximum atomic E-state index is 12.5. The molecule has 0 bridgehead atoms. The number of halogens is 1. The van der Waals surface area contributed by atoms with Crippen LogP contribution in [-0.4, -0.2) is 44.4 Å². The van der Waals surface area contributed by atoms with Crippen LogP contribution in [0.15, 0.2) is 23.1 Å². The molecule has 1 aromatic rings. The molecule has 1 atom stereocenters. The highest BCUT2D eigenvalue weighted by atomic mass is 35.5. The highest BCUT2D eigenvalue weighted by molar-refractivity contribution is 7.89. The van der Waals surface area contributed by atoms with Crippen molar-refractivity contribution < 1.29 is 17.9 Å². The average molecular weight is 391 g/mol. The predicted octanol–water partition coefficient (Wildman–Crippen LogP) is 3.05. The maximum Gasteiger partial charge on any atom is 0.258 e. The Balaban J connectivity index is 2.78. The van der Waals surface area contributed by atoms with Crippen molar-refractivity contribution in [2.24, 2.45) is 0 Å². The summed E-state index contributed by atoms with van der Waals surface area (Å²) in [7, 11) is -3.58. The molecule has 1 rings (SSSR count). The van der Waals surface area contributed by atoms with Gasteiger partial charge in [-0.25, -0.2) is 8.42 Å². The van der Waals surface area contributed by atoms with Gasteiger partial charge in [0.25, 0.3) is 5.91 Å². The molecule has 0 unspecified atom stereocenters. The predicted molar refractivity (Wildman–Crippen MR) is 99.6 cm³/mol. The molecule has 0 saturated heterocycles. The Bertz CT molecular complexity index is 675. The van der Waals surface area contributed by atoms with Gasteiger partial charge in [0, 0.05) is 19.1 Å². The van der Waals surface area contributed by atoms with E-state index in [1.807, 2.05) is 13.8 Å². The Labute approximate surface area is 155 Å². The molecule has 1 N–H and O–H groups in total. The van der Waals surface area contributed by atoms with E-state index in [2.05, 4.69) is 5.32 Å². The summed E-state index contributed by atoms with van der Waals surface area (Å²) in [6.07, 6.45) is 1.88. The SMILES string of the molecule is CCC[C@H](C)NC(=O)COc1ccc(S(=O)(=O)N(CC)CC)cc1Cl. The van der Waals surface area contributed by atoms with Crippen molar-refractivity contribution in [3.8, 4) is 5.75 Å². The molecule has 6 nitrogen and oxygen atoms in total. The quantitative estimate of drug-likeness (QED) is 0.666. The molecule has 142 valence electrons. The molecule has 8 heteroatoms. The van der Waals surface area contributed by atoms with Crippen molar-refractivity contribution in [3.63, 3.8) is 0 Å². The fourth-order valence-corrected chi connectivity index (χ4v) is 4.22. The summed E-state index contributed by atoms with van der Waals surface area (Å²) in [5, 5.41) is 2.98. The van der Waals surface area contributed by atoms with Crippen LogP contribution >= 0.6 is 11.6 Å². The summed E-state index contributed by atoms with van der Waals surface area (Å²) in [5.74, 6) is 0.0373. The third kappa shape index (κ3) is 6.17. The molecule has 0 spiro atoms. The van der Waals surface area contributed by atoms with E-state index >= 15 is 0 Å². The number of sulfonamides is 1. The zero-order valence-corrected chi connectivity index (χ0v) is 16.8. The van der Waals surface area contributed by atoms with Crippen LogP contribution in [0.1, 0.15) is 40.5 Å². The number of carbonyl (C=O) groups excluding carboxylic acids is 1. The second-order valence-electron chi connectivity index (χ2n) is 5.73. The second-order valence-corrected chi connectivity index (χ2v) is 8.07. The van der Waals surface area contributed by atoms with E-state index in [1.54, 1.807) is 13.8 Å². The van der Waals surface area contributed by atoms with E-state index < -0.39 is 10.0 Å². The lowest BCUT2D eigenvalue weighted by atomic mass is 10.2. The van der Waals surface area contributed by atoms with Gasteiger partial charge in [-0.2, -0.15) is 4.31 Å². The highest BCUT2D eigenvalue weighted by Crippen LogP contribution is 2.28. The van der Waals surface area contributed by atoms with Gasteiger partial charge in [0.1, 0.15) is 5.75 Å². The third-order valence-electron chi connectivity index (χ3n) is 3.73. The van der Waals surface area contributed by atoms with E-state index in [1.165, 1.54) is 22.5 Å². The summed E-state index contributed by atoms with van der Waals surface area (Å²) in [6, 6.07) is 4.34. The van der Waals surface area contributed by atoms with Crippen molar-refractivity contribution in [2.45, 2.75) is 51.5 Å². The number of hydrogen-bond donors (Lipinski definition) is 1. The van der Waals surface area contributed by atoms with Gasteiger partial charge in [0.05, 0.1) is 9.92 Å². The van der Waals surface area contributed by atoms with Crippen LogP contribution in [0.2, 0.25) is 5.02 Å². The number of ether oxygens (including phenoxy) is 1. The van der Waals surface area contributed by atoms with Gasteiger partial charge in [-0.05, 0) is 31.5 Å². The largest absolute Gasteiger partial charge is 0.482 e. The molecule has 0 aliphatic carbocycles. The van der Waals surface area contributed by atoms with Gasteiger partial charge >= 0.3 is 0 Å². The first-order valence-electron chi connectivity index (χ1n) is 8.48. The first-order chi connectivity index (χ1) is 11.8. The first-order valence-corrected chi connectivity index (χ1v) is 10.3. The van der Waals surface area contributed by atoms with Crippen LogP contribution in [0.25, 0.3) is 0 Å². The van der Waals surface area contributed by atoms with Crippen molar-refractivity contribution in [3.05, 3.63) is 23.2 Å². The van der Waals surface area contributed by atoms with Crippen LogP contribution in [0, 0.1) is 0 Å². The summed E-state index contributed by atoms with van der Waals surface area (Å²) in [6.45, 7) is 8.12. The highest BCUT2D eigenvalue weighted by Gasteiger charge is 2.22. The minimum Gasteiger partial charge on any atom is -0.482 e. The zero-order chi connectivity index (χ0) is 19.0. The summed E-state index contributed by atoms with van der Waals surface area (Å²) in [5.41, 5.74) is 0. The number of rotatable bonds is 10. The minimum absolute atomic E-state index is 0.0816. The lowest BCUT2D eigenvalue weighted by Crippen LogP contribution is -2.36. The average Bonchev–Trinajstić information content (AvgIpc) is 2.54. The molecule has 25 heavy (non-hydrogen) atoms. The van der Waals surface area contributed by atoms with Gasteiger partial charge in [0.15, 0.2) is 6.61 Å². The summed E-state index contributed by atoms with van der Waals surface area (Å²) in [4.78, 5) is 11.9. The van der Waals surface area contributed by atoms with Crippen molar-refractivity contribution in [2.75, 3.05) is 19.7 Å². The molecule has 1 amide bonds. The van der Waals surface area contributed by atoms with E-state index in [9.17, 15) is 13.2 Å². The molecular weight excluding hydrogens is 364 g/mol. The Morgan fingerprint density at radius 3 is 2.44 bits per heavy atom. The number of carbonyl (C=O) groups is 1. The van der Waals surface area contributed by atoms with Crippen LogP contribution in [0.5, 0.6) is 5.75 Å². The van der Waals surface area contributed by atoms with E-state index in [4.69, 9.17) is 16.3 Å². The second kappa shape index (κ2) is 9.99. The fraction of sp³-hybridized carbons (Fsp3) is 0.588. The molecular formula is C17H27ClN2O4S. The monoisotopic (exact) mass is 390 g/mol. The number of amides is 1. The zero-order valence-electron chi connectivity index (χ0n) is 15.2. The Morgan fingerprint density at radius 1 is 1.28 bits per heavy atom. The van der Waals surface area contributed by atoms with E-state index in [0.29, 0.717) is 13.1 Å². The topological polar surface area (TPSA) is 75.7 Å². The molecule has 0 aromatic heterocycles. The van der Waals surface area contributed by atoms with Crippen LogP contribution in [-0.2, 0) is 14.8 Å². The molecule has 0 heterocycles. The van der Waals surface area contributed by atoms with Gasteiger partial charge in [0.2, 0.25) is 10.0 Å². The molecule has 0 fully saturated rings. The molecule has 0 aliphatic heterocycles. The standard InChI is InChI=1S/C17H27ClN2O4S/c1-5-8-13(4)19-17(21)12-24-16-10-9-14(11-15(16)18)25(22,23)20(6-2)7-3/h9-11,13H,5-8,12H2,1-4H3,(H,19,21)/t13-/m0/s1. The fourth-order valence-electron chi connectivity index (χ4n) is 2.44. The normalized spacial score (nSPS) is 12.9.